The molecular weight excluding hydrogens is 274 g/mol. The first-order chi connectivity index (χ1) is 9.41. The number of nitrogens with one attached hydrogen (secondary N) is 1. The van der Waals surface area contributed by atoms with Crippen LogP contribution >= 0.6 is 0 Å². The first kappa shape index (κ1) is 15.0. The fourth-order valence-corrected chi connectivity index (χ4v) is 3.73. The Balaban J connectivity index is 1.92. The average Bonchev–Trinajstić information content (AvgIpc) is 2.86. The molecule has 1 amide bonds. The molecule has 1 fully saturated rings. The summed E-state index contributed by atoms with van der Waals surface area (Å²) in [5.74, 6) is -0.401. The minimum absolute atomic E-state index is 0.0567. The maximum atomic E-state index is 12.1. The first-order valence-corrected chi connectivity index (χ1v) is 8.65. The number of sulfonamides is 1. The molecule has 0 radical (unpaired) electrons. The zero-order valence-electron chi connectivity index (χ0n) is 11.8. The van der Waals surface area contributed by atoms with Crippen LogP contribution in [0.2, 0.25) is 0 Å². The van der Waals surface area contributed by atoms with E-state index in [0.717, 1.165) is 31.2 Å². The van der Waals surface area contributed by atoms with Crippen molar-refractivity contribution >= 4 is 15.9 Å². The molecule has 1 saturated carbocycles. The number of rotatable bonds is 5. The van der Waals surface area contributed by atoms with E-state index in [1.165, 1.54) is 0 Å². The highest BCUT2D eigenvalue weighted by Gasteiger charge is 2.37. The molecule has 0 aromatic heterocycles. The highest BCUT2D eigenvalue weighted by atomic mass is 32.2. The molecule has 110 valence electrons. The molecule has 0 atom stereocenters. The second kappa shape index (κ2) is 5.95. The van der Waals surface area contributed by atoms with Gasteiger partial charge in [0.05, 0.1) is 5.75 Å². The van der Waals surface area contributed by atoms with Gasteiger partial charge in [-0.15, -0.1) is 0 Å². The van der Waals surface area contributed by atoms with Crippen LogP contribution in [0.3, 0.4) is 0 Å². The third-order valence-corrected chi connectivity index (χ3v) is 5.24. The summed E-state index contributed by atoms with van der Waals surface area (Å²) in [5.41, 5.74) is 0.442. The summed E-state index contributed by atoms with van der Waals surface area (Å²) < 4.78 is 26.2. The van der Waals surface area contributed by atoms with Gasteiger partial charge in [-0.1, -0.05) is 50.1 Å². The Labute approximate surface area is 120 Å². The van der Waals surface area contributed by atoms with Gasteiger partial charge in [0.2, 0.25) is 15.9 Å². The van der Waals surface area contributed by atoms with Crippen molar-refractivity contribution < 1.29 is 13.2 Å². The van der Waals surface area contributed by atoms with Crippen molar-refractivity contribution in [3.8, 4) is 0 Å². The molecule has 0 aliphatic heterocycles. The van der Waals surface area contributed by atoms with E-state index in [0.29, 0.717) is 6.42 Å². The minimum Gasteiger partial charge on any atom is -0.273 e. The van der Waals surface area contributed by atoms with E-state index >= 15 is 0 Å². The van der Waals surface area contributed by atoms with Crippen molar-refractivity contribution in [3.05, 3.63) is 35.9 Å². The Morgan fingerprint density at radius 1 is 1.20 bits per heavy atom. The number of hydrogen-bond acceptors (Lipinski definition) is 3. The highest BCUT2D eigenvalue weighted by molar-refractivity contribution is 7.90. The van der Waals surface area contributed by atoms with Crippen LogP contribution in [-0.4, -0.2) is 20.1 Å². The Bertz CT molecular complexity index is 560. The van der Waals surface area contributed by atoms with Crippen LogP contribution < -0.4 is 4.72 Å². The summed E-state index contributed by atoms with van der Waals surface area (Å²) in [4.78, 5) is 12.1. The quantitative estimate of drug-likeness (QED) is 0.906. The van der Waals surface area contributed by atoms with Gasteiger partial charge in [0, 0.05) is 5.41 Å². The van der Waals surface area contributed by atoms with Gasteiger partial charge in [-0.3, -0.25) is 9.52 Å². The van der Waals surface area contributed by atoms with Gasteiger partial charge in [-0.05, 0) is 24.8 Å². The topological polar surface area (TPSA) is 63.2 Å². The van der Waals surface area contributed by atoms with Crippen LogP contribution in [-0.2, 0) is 21.2 Å². The smallest absolute Gasteiger partial charge is 0.239 e. The molecule has 1 aromatic carbocycles. The predicted octanol–water partition coefficient (Wildman–Crippen LogP) is 2.26. The third kappa shape index (κ3) is 3.82. The van der Waals surface area contributed by atoms with E-state index in [1.54, 1.807) is 0 Å². The monoisotopic (exact) mass is 295 g/mol. The maximum Gasteiger partial charge on any atom is 0.239 e. The Morgan fingerprint density at radius 2 is 1.80 bits per heavy atom. The highest BCUT2D eigenvalue weighted by Crippen LogP contribution is 2.37. The third-order valence-electron chi connectivity index (χ3n) is 4.01. The van der Waals surface area contributed by atoms with Gasteiger partial charge in [-0.2, -0.15) is 0 Å². The molecule has 1 aliphatic rings. The van der Waals surface area contributed by atoms with E-state index in [-0.39, 0.29) is 11.7 Å². The molecule has 4 nitrogen and oxygen atoms in total. The van der Waals surface area contributed by atoms with Crippen molar-refractivity contribution in [2.45, 2.75) is 39.0 Å². The van der Waals surface area contributed by atoms with Crippen LogP contribution in [0.25, 0.3) is 0 Å². The van der Waals surface area contributed by atoms with E-state index in [4.69, 9.17) is 0 Å². The van der Waals surface area contributed by atoms with E-state index < -0.39 is 15.4 Å². The zero-order chi connectivity index (χ0) is 14.6. The normalized spacial score (nSPS) is 17.9. The van der Waals surface area contributed by atoms with E-state index in [9.17, 15) is 13.2 Å². The van der Waals surface area contributed by atoms with Crippen molar-refractivity contribution in [2.75, 3.05) is 5.75 Å². The number of amides is 1. The standard InChI is InChI=1S/C15H21NO3S/c1-15(10-5-6-11-15)14(17)16-20(18,19)12-9-13-7-3-2-4-8-13/h2-4,7-8H,5-6,9-12H2,1H3,(H,16,17). The number of carbonyl (C=O) groups excluding carboxylic acids is 1. The molecule has 0 unspecified atom stereocenters. The lowest BCUT2D eigenvalue weighted by molar-refractivity contribution is -0.127. The molecule has 5 heteroatoms. The summed E-state index contributed by atoms with van der Waals surface area (Å²) >= 11 is 0. The van der Waals surface area contributed by atoms with E-state index in [1.807, 2.05) is 37.3 Å². The van der Waals surface area contributed by atoms with Crippen LogP contribution in [0, 0.1) is 5.41 Å². The number of carbonyl (C=O) groups is 1. The number of hydrogen-bond donors (Lipinski definition) is 1. The molecule has 1 N–H and O–H groups in total. The zero-order valence-corrected chi connectivity index (χ0v) is 12.6. The number of aryl methyl sites for hydroxylation is 1. The molecule has 2 rings (SSSR count). The molecule has 0 bridgehead atoms. The van der Waals surface area contributed by atoms with Crippen LogP contribution in [0.1, 0.15) is 38.2 Å². The minimum atomic E-state index is -3.55. The lowest BCUT2D eigenvalue weighted by atomic mass is 9.88. The largest absolute Gasteiger partial charge is 0.273 e. The molecule has 0 heterocycles. The van der Waals surface area contributed by atoms with Crippen molar-refractivity contribution in [2.24, 2.45) is 5.41 Å². The van der Waals surface area contributed by atoms with E-state index in [2.05, 4.69) is 4.72 Å². The summed E-state index contributed by atoms with van der Waals surface area (Å²) in [5, 5.41) is 0. The lowest BCUT2D eigenvalue weighted by Crippen LogP contribution is -2.41. The maximum absolute atomic E-state index is 12.1. The fraction of sp³-hybridized carbons (Fsp3) is 0.533. The van der Waals surface area contributed by atoms with Crippen molar-refractivity contribution in [1.82, 2.24) is 4.72 Å². The van der Waals surface area contributed by atoms with Gasteiger partial charge >= 0.3 is 0 Å². The first-order valence-electron chi connectivity index (χ1n) is 7.00. The number of benzene rings is 1. The Hall–Kier alpha value is -1.36. The van der Waals surface area contributed by atoms with Crippen molar-refractivity contribution in [1.29, 1.82) is 0 Å². The molecule has 1 aliphatic carbocycles. The van der Waals surface area contributed by atoms with Gasteiger partial charge in [-0.25, -0.2) is 8.42 Å². The van der Waals surface area contributed by atoms with Gasteiger partial charge in [0.1, 0.15) is 0 Å². The molecule has 0 saturated heterocycles. The Morgan fingerprint density at radius 3 is 2.40 bits per heavy atom. The van der Waals surface area contributed by atoms with Gasteiger partial charge in [0.15, 0.2) is 0 Å². The van der Waals surface area contributed by atoms with Crippen LogP contribution in [0.5, 0.6) is 0 Å². The Kier molecular flexibility index (Phi) is 4.48. The van der Waals surface area contributed by atoms with Crippen LogP contribution in [0.4, 0.5) is 0 Å². The second-order valence-corrected chi connectivity index (χ2v) is 7.60. The molecule has 1 aromatic rings. The average molecular weight is 295 g/mol. The second-order valence-electron chi connectivity index (χ2n) is 5.75. The fourth-order valence-electron chi connectivity index (χ4n) is 2.59. The van der Waals surface area contributed by atoms with Gasteiger partial charge < -0.3 is 0 Å². The molecular formula is C15H21NO3S. The summed E-state index contributed by atoms with van der Waals surface area (Å²) in [6.07, 6.45) is 3.95. The molecule has 20 heavy (non-hydrogen) atoms. The summed E-state index contributed by atoms with van der Waals surface area (Å²) in [7, 11) is -3.55. The predicted molar refractivity (Wildman–Crippen MR) is 78.7 cm³/mol. The van der Waals surface area contributed by atoms with Crippen molar-refractivity contribution in [3.63, 3.8) is 0 Å². The summed E-state index contributed by atoms with van der Waals surface area (Å²) in [6.45, 7) is 1.85. The van der Waals surface area contributed by atoms with Crippen LogP contribution in [0.15, 0.2) is 30.3 Å². The summed E-state index contributed by atoms with van der Waals surface area (Å²) in [6, 6.07) is 9.41. The molecule has 0 spiro atoms. The van der Waals surface area contributed by atoms with Gasteiger partial charge in [0.25, 0.3) is 0 Å². The lowest BCUT2D eigenvalue weighted by Gasteiger charge is -2.22. The SMILES string of the molecule is CC1(C(=O)NS(=O)(=O)CCc2ccccc2)CCCC1.